The molecule has 0 saturated carbocycles. The highest BCUT2D eigenvalue weighted by atomic mass is 16.5. The van der Waals surface area contributed by atoms with Gasteiger partial charge in [-0.05, 0) is 54.6 Å². The van der Waals surface area contributed by atoms with E-state index in [1.807, 2.05) is 0 Å². The summed E-state index contributed by atoms with van der Waals surface area (Å²) in [5.41, 5.74) is 1.68. The molecular formula is C24H20N2O6. The predicted octanol–water partition coefficient (Wildman–Crippen LogP) is 3.90. The van der Waals surface area contributed by atoms with Crippen LogP contribution in [0, 0.1) is 0 Å². The molecule has 0 heterocycles. The van der Waals surface area contributed by atoms with Crippen molar-refractivity contribution in [3.05, 3.63) is 89.5 Å². The van der Waals surface area contributed by atoms with Gasteiger partial charge in [-0.3, -0.25) is 14.4 Å². The lowest BCUT2D eigenvalue weighted by Gasteiger charge is -2.10. The van der Waals surface area contributed by atoms with E-state index in [-0.39, 0.29) is 11.3 Å². The summed E-state index contributed by atoms with van der Waals surface area (Å²) >= 11 is 0. The third-order valence-corrected chi connectivity index (χ3v) is 4.34. The molecule has 3 rings (SSSR count). The van der Waals surface area contributed by atoms with Crippen LogP contribution in [0.4, 0.5) is 11.4 Å². The standard InChI is InChI=1S/C24H20N2O6/c1-15(27)32-19-7-5-6-17(14-19)23(29)25-18-12-10-16(11-13-18)22(28)26-21-9-4-3-8-20(21)24(30)31-2/h3-14H,1-2H3,(H,25,29)(H,26,28). The van der Waals surface area contributed by atoms with Gasteiger partial charge in [-0.1, -0.05) is 18.2 Å². The first-order chi connectivity index (χ1) is 15.4. The van der Waals surface area contributed by atoms with Gasteiger partial charge in [-0.15, -0.1) is 0 Å². The maximum absolute atomic E-state index is 12.6. The summed E-state index contributed by atoms with van der Waals surface area (Å²) in [6.07, 6.45) is 0. The minimum absolute atomic E-state index is 0.239. The average Bonchev–Trinajstić information content (AvgIpc) is 2.79. The number of esters is 2. The Labute approximate surface area is 184 Å². The van der Waals surface area contributed by atoms with E-state index in [4.69, 9.17) is 9.47 Å². The molecule has 0 radical (unpaired) electrons. The van der Waals surface area contributed by atoms with Crippen LogP contribution in [0.25, 0.3) is 0 Å². The van der Waals surface area contributed by atoms with Crippen molar-refractivity contribution in [3.8, 4) is 5.75 Å². The third kappa shape index (κ3) is 5.57. The number of hydrogen-bond donors (Lipinski definition) is 2. The molecule has 0 unspecified atom stereocenters. The quantitative estimate of drug-likeness (QED) is 0.451. The van der Waals surface area contributed by atoms with Crippen molar-refractivity contribution in [2.24, 2.45) is 0 Å². The van der Waals surface area contributed by atoms with Crippen LogP contribution < -0.4 is 15.4 Å². The Morgan fingerprint density at radius 3 is 2.12 bits per heavy atom. The van der Waals surface area contributed by atoms with E-state index in [0.717, 1.165) is 0 Å². The fourth-order valence-electron chi connectivity index (χ4n) is 2.85. The zero-order chi connectivity index (χ0) is 23.1. The molecule has 0 atom stereocenters. The summed E-state index contributed by atoms with van der Waals surface area (Å²) < 4.78 is 9.71. The van der Waals surface area contributed by atoms with Crippen molar-refractivity contribution in [1.29, 1.82) is 0 Å². The number of ether oxygens (including phenoxy) is 2. The first-order valence-electron chi connectivity index (χ1n) is 9.56. The topological polar surface area (TPSA) is 111 Å². The molecule has 2 amide bonds. The van der Waals surface area contributed by atoms with Gasteiger partial charge in [0.1, 0.15) is 5.75 Å². The summed E-state index contributed by atoms with van der Waals surface area (Å²) in [5, 5.41) is 5.40. The van der Waals surface area contributed by atoms with E-state index in [1.54, 1.807) is 66.7 Å². The van der Waals surface area contributed by atoms with E-state index in [9.17, 15) is 19.2 Å². The molecule has 0 spiro atoms. The lowest BCUT2D eigenvalue weighted by atomic mass is 10.1. The summed E-state index contributed by atoms with van der Waals surface area (Å²) in [6.45, 7) is 1.28. The highest BCUT2D eigenvalue weighted by Crippen LogP contribution is 2.19. The second-order valence-corrected chi connectivity index (χ2v) is 6.64. The average molecular weight is 432 g/mol. The number of hydrogen-bond acceptors (Lipinski definition) is 6. The number of amides is 2. The first-order valence-corrected chi connectivity index (χ1v) is 9.56. The van der Waals surface area contributed by atoms with Crippen LogP contribution in [0.3, 0.4) is 0 Å². The van der Waals surface area contributed by atoms with Gasteiger partial charge in [0.15, 0.2) is 0 Å². The number of nitrogens with one attached hydrogen (secondary N) is 2. The third-order valence-electron chi connectivity index (χ3n) is 4.34. The van der Waals surface area contributed by atoms with E-state index in [1.165, 1.54) is 20.1 Å². The molecule has 32 heavy (non-hydrogen) atoms. The maximum atomic E-state index is 12.6. The van der Waals surface area contributed by atoms with Crippen LogP contribution in [0.5, 0.6) is 5.75 Å². The predicted molar refractivity (Wildman–Crippen MR) is 118 cm³/mol. The summed E-state index contributed by atoms with van der Waals surface area (Å²) in [4.78, 5) is 48.0. The zero-order valence-electron chi connectivity index (χ0n) is 17.4. The second-order valence-electron chi connectivity index (χ2n) is 6.64. The Balaban J connectivity index is 1.68. The first kappa shape index (κ1) is 22.2. The highest BCUT2D eigenvalue weighted by Gasteiger charge is 2.15. The van der Waals surface area contributed by atoms with Gasteiger partial charge in [0, 0.05) is 23.7 Å². The van der Waals surface area contributed by atoms with Crippen LogP contribution in [-0.2, 0) is 9.53 Å². The molecule has 0 aromatic heterocycles. The van der Waals surface area contributed by atoms with E-state index in [2.05, 4.69) is 10.6 Å². The number of carbonyl (C=O) groups is 4. The Bertz CT molecular complexity index is 1170. The number of anilines is 2. The van der Waals surface area contributed by atoms with Gasteiger partial charge in [0.2, 0.25) is 0 Å². The van der Waals surface area contributed by atoms with Crippen LogP contribution in [-0.4, -0.2) is 30.9 Å². The Morgan fingerprint density at radius 2 is 1.44 bits per heavy atom. The molecule has 0 aliphatic rings. The van der Waals surface area contributed by atoms with Crippen LogP contribution in [0.2, 0.25) is 0 Å². The molecule has 8 nitrogen and oxygen atoms in total. The molecule has 162 valence electrons. The van der Waals surface area contributed by atoms with Crippen molar-refractivity contribution < 1.29 is 28.7 Å². The molecule has 3 aromatic rings. The number of para-hydroxylation sites is 1. The normalized spacial score (nSPS) is 10.1. The second kappa shape index (κ2) is 10.0. The monoisotopic (exact) mass is 432 g/mol. The van der Waals surface area contributed by atoms with Gasteiger partial charge in [-0.25, -0.2) is 4.79 Å². The molecule has 0 saturated heterocycles. The fraction of sp³-hybridized carbons (Fsp3) is 0.0833. The number of methoxy groups -OCH3 is 1. The summed E-state index contributed by atoms with van der Waals surface area (Å²) in [5.74, 6) is -1.59. The van der Waals surface area contributed by atoms with E-state index < -0.39 is 23.8 Å². The molecule has 0 aliphatic heterocycles. The minimum Gasteiger partial charge on any atom is -0.465 e. The Kier molecular flexibility index (Phi) is 6.97. The Morgan fingerprint density at radius 1 is 0.750 bits per heavy atom. The lowest BCUT2D eigenvalue weighted by Crippen LogP contribution is -2.16. The van der Waals surface area contributed by atoms with Crippen molar-refractivity contribution in [2.75, 3.05) is 17.7 Å². The summed E-state index contributed by atoms with van der Waals surface area (Å²) in [6, 6.07) is 19.0. The molecular weight excluding hydrogens is 412 g/mol. The number of benzene rings is 3. The van der Waals surface area contributed by atoms with Gasteiger partial charge >= 0.3 is 11.9 Å². The highest BCUT2D eigenvalue weighted by molar-refractivity contribution is 6.08. The Hall–Kier alpha value is -4.46. The molecule has 0 fully saturated rings. The number of carbonyl (C=O) groups excluding carboxylic acids is 4. The van der Waals surface area contributed by atoms with Crippen LogP contribution >= 0.6 is 0 Å². The van der Waals surface area contributed by atoms with Crippen LogP contribution in [0.15, 0.2) is 72.8 Å². The van der Waals surface area contributed by atoms with E-state index in [0.29, 0.717) is 22.5 Å². The molecule has 0 bridgehead atoms. The maximum Gasteiger partial charge on any atom is 0.339 e. The van der Waals surface area contributed by atoms with Gasteiger partial charge in [0.25, 0.3) is 11.8 Å². The molecule has 0 aliphatic carbocycles. The van der Waals surface area contributed by atoms with Crippen molar-refractivity contribution in [2.45, 2.75) is 6.92 Å². The van der Waals surface area contributed by atoms with Crippen molar-refractivity contribution in [3.63, 3.8) is 0 Å². The smallest absolute Gasteiger partial charge is 0.339 e. The zero-order valence-corrected chi connectivity index (χ0v) is 17.4. The van der Waals surface area contributed by atoms with Crippen LogP contribution in [0.1, 0.15) is 38.0 Å². The molecule has 3 aromatic carbocycles. The lowest BCUT2D eigenvalue weighted by molar-refractivity contribution is -0.131. The SMILES string of the molecule is COC(=O)c1ccccc1NC(=O)c1ccc(NC(=O)c2cccc(OC(C)=O)c2)cc1. The van der Waals surface area contributed by atoms with Gasteiger partial charge < -0.3 is 20.1 Å². The van der Waals surface area contributed by atoms with Gasteiger partial charge in [0.05, 0.1) is 18.4 Å². The number of rotatable bonds is 6. The molecule has 2 N–H and O–H groups in total. The molecule has 8 heteroatoms. The van der Waals surface area contributed by atoms with Crippen molar-refractivity contribution in [1.82, 2.24) is 0 Å². The van der Waals surface area contributed by atoms with Gasteiger partial charge in [-0.2, -0.15) is 0 Å². The minimum atomic E-state index is -0.559. The van der Waals surface area contributed by atoms with Crippen molar-refractivity contribution >= 4 is 35.1 Å². The fourth-order valence-corrected chi connectivity index (χ4v) is 2.85. The summed E-state index contributed by atoms with van der Waals surface area (Å²) in [7, 11) is 1.26. The largest absolute Gasteiger partial charge is 0.465 e. The van der Waals surface area contributed by atoms with E-state index >= 15 is 0 Å².